The highest BCUT2D eigenvalue weighted by Crippen LogP contribution is 2.36. The van der Waals surface area contributed by atoms with E-state index in [1.165, 1.54) is 17.0 Å². The average molecular weight is 481 g/mol. The molecule has 0 unspecified atom stereocenters. The van der Waals surface area contributed by atoms with Gasteiger partial charge in [0.1, 0.15) is 22.1 Å². The van der Waals surface area contributed by atoms with Crippen molar-refractivity contribution in [2.24, 2.45) is 5.73 Å². The van der Waals surface area contributed by atoms with Gasteiger partial charge in [0.2, 0.25) is 0 Å². The fraction of sp³-hybridized carbons (Fsp3) is 0.409. The van der Waals surface area contributed by atoms with Crippen molar-refractivity contribution in [1.82, 2.24) is 10.2 Å². The number of rotatable bonds is 4. The van der Waals surface area contributed by atoms with Crippen LogP contribution < -0.4 is 16.4 Å². The topological polar surface area (TPSA) is 114 Å². The molecular weight excluding hydrogens is 454 g/mol. The van der Waals surface area contributed by atoms with Crippen molar-refractivity contribution in [2.45, 2.75) is 45.3 Å². The van der Waals surface area contributed by atoms with Gasteiger partial charge < -0.3 is 26.0 Å². The monoisotopic (exact) mass is 480 g/mol. The number of likely N-dealkylation sites (tertiary alicyclic amines) is 1. The highest BCUT2D eigenvalue weighted by atomic mass is 32.1. The molecule has 1 saturated heterocycles. The molecule has 4 N–H and O–H groups in total. The molecule has 3 rings (SSSR count). The number of piperidine rings is 1. The number of hydrogen-bond donors (Lipinski definition) is 3. The van der Waals surface area contributed by atoms with Gasteiger partial charge >= 0.3 is 12.1 Å². The fourth-order valence-electron chi connectivity index (χ4n) is 3.45. The molecule has 33 heavy (non-hydrogen) atoms. The van der Waals surface area contributed by atoms with Crippen LogP contribution in [0.1, 0.15) is 43.3 Å². The van der Waals surface area contributed by atoms with Gasteiger partial charge in [-0.1, -0.05) is 0 Å². The van der Waals surface area contributed by atoms with Crippen molar-refractivity contribution in [3.8, 4) is 10.4 Å². The number of primary amides is 1. The molecule has 2 aromatic rings. The van der Waals surface area contributed by atoms with E-state index in [1.807, 2.05) is 0 Å². The summed E-state index contributed by atoms with van der Waals surface area (Å²) < 4.78 is 32.9. The summed E-state index contributed by atoms with van der Waals surface area (Å²) in [7, 11) is 0. The van der Waals surface area contributed by atoms with Crippen LogP contribution in [0.15, 0.2) is 24.3 Å². The summed E-state index contributed by atoms with van der Waals surface area (Å²) in [6.45, 7) is 6.12. The van der Waals surface area contributed by atoms with Crippen LogP contribution in [0.2, 0.25) is 0 Å². The fourth-order valence-corrected chi connectivity index (χ4v) is 4.49. The van der Waals surface area contributed by atoms with Crippen molar-refractivity contribution < 1.29 is 27.9 Å². The molecular formula is C22H26F2N4O4S. The quantitative estimate of drug-likeness (QED) is 0.605. The molecule has 11 heteroatoms. The van der Waals surface area contributed by atoms with Crippen molar-refractivity contribution >= 4 is 35.1 Å². The summed E-state index contributed by atoms with van der Waals surface area (Å²) in [6.07, 6.45) is 0.865. The van der Waals surface area contributed by atoms with Crippen molar-refractivity contribution in [2.75, 3.05) is 18.4 Å². The summed E-state index contributed by atoms with van der Waals surface area (Å²) in [5.74, 6) is -2.03. The number of urea groups is 1. The predicted molar refractivity (Wildman–Crippen MR) is 121 cm³/mol. The highest BCUT2D eigenvalue weighted by molar-refractivity contribution is 7.18. The van der Waals surface area contributed by atoms with Crippen LogP contribution in [0.5, 0.6) is 0 Å². The van der Waals surface area contributed by atoms with E-state index >= 15 is 0 Å². The van der Waals surface area contributed by atoms with Crippen LogP contribution in [0.3, 0.4) is 0 Å². The number of benzene rings is 1. The Kier molecular flexibility index (Phi) is 7.21. The molecule has 0 radical (unpaired) electrons. The zero-order valence-corrected chi connectivity index (χ0v) is 19.4. The third-order valence-corrected chi connectivity index (χ3v) is 5.97. The number of thiophene rings is 1. The summed E-state index contributed by atoms with van der Waals surface area (Å²) >= 11 is 0.936. The number of nitrogens with zero attached hydrogens (tertiary/aromatic N) is 1. The number of amides is 4. The molecule has 1 aromatic heterocycles. The van der Waals surface area contributed by atoms with Gasteiger partial charge in [0.25, 0.3) is 5.91 Å². The zero-order valence-electron chi connectivity index (χ0n) is 18.5. The zero-order chi connectivity index (χ0) is 24.3. The van der Waals surface area contributed by atoms with Gasteiger partial charge in [-0.05, 0) is 51.8 Å². The molecule has 1 aliphatic heterocycles. The normalized spacial score (nSPS) is 16.3. The second kappa shape index (κ2) is 9.74. The average Bonchev–Trinajstić information content (AvgIpc) is 3.09. The largest absolute Gasteiger partial charge is 0.444 e. The number of nitrogens with one attached hydrogen (secondary N) is 2. The number of ether oxygens (including phenoxy) is 1. The van der Waals surface area contributed by atoms with Crippen LogP contribution in [0.4, 0.5) is 24.1 Å². The van der Waals surface area contributed by atoms with Crippen LogP contribution in [0, 0.1) is 11.6 Å². The number of carbonyl (C=O) groups excluding carboxylic acids is 3. The Labute approximate surface area is 194 Å². The lowest BCUT2D eigenvalue weighted by Gasteiger charge is -2.34. The van der Waals surface area contributed by atoms with Crippen molar-refractivity contribution in [3.05, 3.63) is 40.8 Å². The summed E-state index contributed by atoms with van der Waals surface area (Å²) in [5.41, 5.74) is 4.78. The standard InChI is InChI=1S/C22H26F2N4O4S/c1-22(2,3)32-21(31)28-8-4-5-13(11-28)26-19(29)18-16(27-20(25)30)10-17(33-18)14-7-6-12(23)9-15(14)24/h6-7,9-10,13H,4-5,8,11H2,1-3H3,(H,26,29)(H3,25,27,30)/t13-/m1/s1. The van der Waals surface area contributed by atoms with Crippen LogP contribution in [0.25, 0.3) is 10.4 Å². The molecule has 0 aliphatic carbocycles. The predicted octanol–water partition coefficient (Wildman–Crippen LogP) is 4.31. The molecule has 8 nitrogen and oxygen atoms in total. The first-order chi connectivity index (χ1) is 15.4. The van der Waals surface area contributed by atoms with E-state index in [0.29, 0.717) is 24.3 Å². The number of anilines is 1. The van der Waals surface area contributed by atoms with E-state index in [2.05, 4.69) is 10.6 Å². The number of hydrogen-bond acceptors (Lipinski definition) is 5. The molecule has 4 amide bonds. The molecule has 1 atom stereocenters. The first kappa shape index (κ1) is 24.4. The Bertz CT molecular complexity index is 1070. The Morgan fingerprint density at radius 1 is 1.21 bits per heavy atom. The smallest absolute Gasteiger partial charge is 0.410 e. The lowest BCUT2D eigenvalue weighted by molar-refractivity contribution is 0.0185. The molecule has 1 aliphatic rings. The third kappa shape index (κ3) is 6.41. The van der Waals surface area contributed by atoms with Gasteiger partial charge in [-0.2, -0.15) is 0 Å². The molecule has 0 bridgehead atoms. The Balaban J connectivity index is 1.79. The van der Waals surface area contributed by atoms with E-state index in [-0.39, 0.29) is 28.7 Å². The lowest BCUT2D eigenvalue weighted by Crippen LogP contribution is -2.50. The SMILES string of the molecule is CC(C)(C)OC(=O)N1CCC[C@@H](NC(=O)c2sc(-c3ccc(F)cc3F)cc2NC(N)=O)C1. The summed E-state index contributed by atoms with van der Waals surface area (Å²) in [6, 6.07) is 3.28. The van der Waals surface area contributed by atoms with Gasteiger partial charge in [0.15, 0.2) is 0 Å². The minimum absolute atomic E-state index is 0.0849. The maximum atomic E-state index is 14.3. The number of halogens is 2. The highest BCUT2D eigenvalue weighted by Gasteiger charge is 2.29. The molecule has 0 saturated carbocycles. The van der Waals surface area contributed by atoms with E-state index < -0.39 is 35.3 Å². The molecule has 0 spiro atoms. The molecule has 1 fully saturated rings. The Morgan fingerprint density at radius 2 is 1.94 bits per heavy atom. The van der Waals surface area contributed by atoms with Gasteiger partial charge in [0, 0.05) is 35.6 Å². The third-order valence-electron chi connectivity index (χ3n) is 4.80. The van der Waals surface area contributed by atoms with Crippen molar-refractivity contribution in [3.63, 3.8) is 0 Å². The van der Waals surface area contributed by atoms with Crippen LogP contribution in [-0.4, -0.2) is 47.7 Å². The summed E-state index contributed by atoms with van der Waals surface area (Å²) in [4.78, 5) is 38.8. The lowest BCUT2D eigenvalue weighted by atomic mass is 10.1. The van der Waals surface area contributed by atoms with Gasteiger partial charge in [-0.15, -0.1) is 11.3 Å². The van der Waals surface area contributed by atoms with Crippen LogP contribution >= 0.6 is 11.3 Å². The minimum Gasteiger partial charge on any atom is -0.444 e. The first-order valence-corrected chi connectivity index (χ1v) is 11.2. The van der Waals surface area contributed by atoms with E-state index in [0.717, 1.165) is 23.5 Å². The van der Waals surface area contributed by atoms with Gasteiger partial charge in [0.05, 0.1) is 5.69 Å². The second-order valence-corrected chi connectivity index (χ2v) is 9.76. The van der Waals surface area contributed by atoms with Gasteiger partial charge in [-0.3, -0.25) is 4.79 Å². The summed E-state index contributed by atoms with van der Waals surface area (Å²) in [5, 5.41) is 5.23. The van der Waals surface area contributed by atoms with E-state index in [1.54, 1.807) is 20.8 Å². The second-order valence-electron chi connectivity index (χ2n) is 8.71. The first-order valence-electron chi connectivity index (χ1n) is 10.4. The molecule has 2 heterocycles. The van der Waals surface area contributed by atoms with Gasteiger partial charge in [-0.25, -0.2) is 18.4 Å². The van der Waals surface area contributed by atoms with Crippen LogP contribution in [-0.2, 0) is 4.74 Å². The Morgan fingerprint density at radius 3 is 2.58 bits per heavy atom. The van der Waals surface area contributed by atoms with Crippen molar-refractivity contribution in [1.29, 1.82) is 0 Å². The maximum absolute atomic E-state index is 14.3. The number of carbonyl (C=O) groups is 3. The Hall–Kier alpha value is -3.21. The van der Waals surface area contributed by atoms with E-state index in [9.17, 15) is 23.2 Å². The molecule has 1 aromatic carbocycles. The molecule has 178 valence electrons. The number of nitrogens with two attached hydrogens (primary N) is 1. The minimum atomic E-state index is -0.887. The van der Waals surface area contributed by atoms with E-state index in [4.69, 9.17) is 10.5 Å². The maximum Gasteiger partial charge on any atom is 0.410 e.